The molecule has 4 aromatic carbocycles. The molecule has 48 heavy (non-hydrogen) atoms. The Morgan fingerprint density at radius 3 is 1.27 bits per heavy atom. The zero-order valence-corrected chi connectivity index (χ0v) is 25.9. The van der Waals surface area contributed by atoms with E-state index >= 15 is 26.3 Å². The second-order valence-electron chi connectivity index (χ2n) is 11.4. The summed E-state index contributed by atoms with van der Waals surface area (Å²) in [7, 11) is 4.07. The van der Waals surface area contributed by atoms with Gasteiger partial charge in [0.1, 0.15) is 39.9 Å². The van der Waals surface area contributed by atoms with Crippen molar-refractivity contribution in [3.05, 3.63) is 102 Å². The van der Waals surface area contributed by atoms with Crippen molar-refractivity contribution in [1.82, 2.24) is 0 Å². The molecule has 1 aliphatic rings. The molecule has 2 aromatic heterocycles. The molecule has 6 aromatic rings. The number of hydrogen-bond acceptors (Lipinski definition) is 5. The topological polar surface area (TPSA) is 54.0 Å². The fourth-order valence-corrected chi connectivity index (χ4v) is 6.15. The molecule has 0 N–H and O–H groups in total. The second-order valence-corrected chi connectivity index (χ2v) is 11.4. The van der Waals surface area contributed by atoms with Gasteiger partial charge in [-0.2, -0.15) is 26.3 Å². The van der Waals surface area contributed by atoms with Gasteiger partial charge in [0.25, 0.3) is 0 Å². The number of methoxy groups -OCH3 is 3. The first-order chi connectivity index (χ1) is 22.8. The molecule has 0 saturated heterocycles. The van der Waals surface area contributed by atoms with Crippen LogP contribution in [0, 0.1) is 6.92 Å². The molecule has 0 spiro atoms. The monoisotopic (exact) mass is 664 g/mol. The van der Waals surface area contributed by atoms with E-state index in [-0.39, 0.29) is 56.1 Å². The Hall–Kier alpha value is -5.32. The predicted octanol–water partition coefficient (Wildman–Crippen LogP) is 10.7. The van der Waals surface area contributed by atoms with Gasteiger partial charge in [0.05, 0.1) is 21.3 Å². The average molecular weight is 665 g/mol. The molecule has 0 bridgehead atoms. The van der Waals surface area contributed by atoms with E-state index in [4.69, 9.17) is 23.0 Å². The Labute approximate surface area is 269 Å². The number of benzene rings is 4. The number of alkyl halides is 6. The Morgan fingerprint density at radius 1 is 0.500 bits per heavy atom. The summed E-state index contributed by atoms with van der Waals surface area (Å²) in [5.74, 6) is -16.6. The highest BCUT2D eigenvalue weighted by Crippen LogP contribution is 2.67. The molecule has 0 atom stereocenters. The summed E-state index contributed by atoms with van der Waals surface area (Å²) >= 11 is 0. The predicted molar refractivity (Wildman–Crippen MR) is 169 cm³/mol. The van der Waals surface area contributed by atoms with Gasteiger partial charge in [-0.05, 0) is 67.6 Å². The molecule has 0 aliphatic heterocycles. The summed E-state index contributed by atoms with van der Waals surface area (Å²) in [5.41, 5.74) is -3.31. The SMILES string of the molecule is COc1ccc(-c2oc3ccc(OC)cc3c2C2=C(c3c(-c4ccc(C)cc4)oc4ccc(OC)cc34)C(F)(F)C(F)(F)C2(F)F)cc1. The molecule has 0 unspecified atom stereocenters. The van der Waals surface area contributed by atoms with Crippen molar-refractivity contribution in [3.63, 3.8) is 0 Å². The molecule has 246 valence electrons. The van der Waals surface area contributed by atoms with Gasteiger partial charge in [0.2, 0.25) is 0 Å². The van der Waals surface area contributed by atoms with Crippen LogP contribution < -0.4 is 14.2 Å². The smallest absolute Gasteiger partial charge is 0.380 e. The Morgan fingerprint density at radius 2 is 0.875 bits per heavy atom. The van der Waals surface area contributed by atoms with Gasteiger partial charge in [0, 0.05) is 44.2 Å². The number of hydrogen-bond donors (Lipinski definition) is 0. The van der Waals surface area contributed by atoms with E-state index in [1.165, 1.54) is 94.1 Å². The van der Waals surface area contributed by atoms with Gasteiger partial charge in [0.15, 0.2) is 0 Å². The van der Waals surface area contributed by atoms with Crippen molar-refractivity contribution in [2.75, 3.05) is 21.3 Å². The first kappa shape index (κ1) is 31.3. The van der Waals surface area contributed by atoms with E-state index < -0.39 is 40.0 Å². The fourth-order valence-electron chi connectivity index (χ4n) is 6.15. The van der Waals surface area contributed by atoms with Gasteiger partial charge in [-0.25, -0.2) is 0 Å². The van der Waals surface area contributed by atoms with E-state index in [1.807, 2.05) is 0 Å². The van der Waals surface area contributed by atoms with Crippen LogP contribution in [0.15, 0.2) is 93.8 Å². The molecule has 1 aliphatic carbocycles. The van der Waals surface area contributed by atoms with Crippen molar-refractivity contribution in [1.29, 1.82) is 0 Å². The molecule has 0 radical (unpaired) electrons. The lowest BCUT2D eigenvalue weighted by atomic mass is 9.89. The zero-order valence-electron chi connectivity index (χ0n) is 25.9. The molecule has 7 rings (SSSR count). The fraction of sp³-hybridized carbons (Fsp3) is 0.189. The van der Waals surface area contributed by atoms with Gasteiger partial charge < -0.3 is 23.0 Å². The van der Waals surface area contributed by atoms with Crippen LogP contribution in [0.2, 0.25) is 0 Å². The van der Waals surface area contributed by atoms with Crippen LogP contribution in [0.1, 0.15) is 16.7 Å². The highest BCUT2D eigenvalue weighted by molar-refractivity contribution is 6.15. The largest absolute Gasteiger partial charge is 0.497 e. The summed E-state index contributed by atoms with van der Waals surface area (Å²) in [4.78, 5) is 0. The van der Waals surface area contributed by atoms with Crippen molar-refractivity contribution in [3.8, 4) is 39.9 Å². The van der Waals surface area contributed by atoms with Crippen molar-refractivity contribution in [2.24, 2.45) is 0 Å². The number of furan rings is 2. The Bertz CT molecular complexity index is 2230. The van der Waals surface area contributed by atoms with Crippen LogP contribution in [-0.4, -0.2) is 39.1 Å². The minimum absolute atomic E-state index is 0.00310. The van der Waals surface area contributed by atoms with Crippen LogP contribution in [0.25, 0.3) is 55.7 Å². The summed E-state index contributed by atoms with van der Waals surface area (Å²) in [6, 6.07) is 20.7. The van der Waals surface area contributed by atoms with Gasteiger partial charge in [-0.15, -0.1) is 0 Å². The van der Waals surface area contributed by atoms with Crippen molar-refractivity contribution >= 4 is 33.1 Å². The van der Waals surface area contributed by atoms with Crippen LogP contribution in [0.3, 0.4) is 0 Å². The average Bonchev–Trinajstić information content (AvgIpc) is 3.67. The quantitative estimate of drug-likeness (QED) is 0.159. The Kier molecular flexibility index (Phi) is 7.08. The lowest BCUT2D eigenvalue weighted by Gasteiger charge is -2.26. The van der Waals surface area contributed by atoms with Gasteiger partial charge in [-0.1, -0.05) is 29.8 Å². The minimum atomic E-state index is -5.86. The number of ether oxygens (including phenoxy) is 3. The maximum atomic E-state index is 16.5. The summed E-state index contributed by atoms with van der Waals surface area (Å²) in [6.45, 7) is 1.79. The maximum absolute atomic E-state index is 16.5. The zero-order chi connectivity index (χ0) is 34.2. The Balaban J connectivity index is 1.69. The maximum Gasteiger partial charge on any atom is 0.380 e. The lowest BCUT2D eigenvalue weighted by molar-refractivity contribution is -0.254. The van der Waals surface area contributed by atoms with E-state index in [0.717, 1.165) is 5.56 Å². The van der Waals surface area contributed by atoms with Gasteiger partial charge in [-0.3, -0.25) is 0 Å². The van der Waals surface area contributed by atoms with Crippen LogP contribution >= 0.6 is 0 Å². The highest BCUT2D eigenvalue weighted by atomic mass is 19.3. The minimum Gasteiger partial charge on any atom is -0.497 e. The molecule has 5 nitrogen and oxygen atoms in total. The first-order valence-electron chi connectivity index (χ1n) is 14.7. The summed E-state index contributed by atoms with van der Waals surface area (Å²) in [6.07, 6.45) is 0. The number of aryl methyl sites for hydroxylation is 1. The molecule has 0 fully saturated rings. The van der Waals surface area contributed by atoms with Crippen LogP contribution in [0.5, 0.6) is 17.2 Å². The van der Waals surface area contributed by atoms with Crippen LogP contribution in [0.4, 0.5) is 26.3 Å². The highest BCUT2D eigenvalue weighted by Gasteiger charge is 2.81. The second kappa shape index (κ2) is 10.9. The number of allylic oxidation sites excluding steroid dienone is 2. The summed E-state index contributed by atoms with van der Waals surface area (Å²) in [5, 5.41) is -0.259. The van der Waals surface area contributed by atoms with E-state index in [0.29, 0.717) is 5.75 Å². The third-order valence-electron chi connectivity index (χ3n) is 8.62. The van der Waals surface area contributed by atoms with E-state index in [2.05, 4.69) is 0 Å². The molecule has 0 saturated carbocycles. The van der Waals surface area contributed by atoms with Crippen molar-refractivity contribution < 1.29 is 49.4 Å². The summed E-state index contributed by atoms with van der Waals surface area (Å²) < 4.78 is 126. The molecule has 2 heterocycles. The number of halogens is 6. The third kappa shape index (κ3) is 4.40. The third-order valence-corrected chi connectivity index (χ3v) is 8.62. The van der Waals surface area contributed by atoms with E-state index in [9.17, 15) is 0 Å². The molecular formula is C37H26F6O5. The normalized spacial score (nSPS) is 16.5. The number of rotatable bonds is 7. The van der Waals surface area contributed by atoms with Crippen molar-refractivity contribution in [2.45, 2.75) is 24.7 Å². The molecular weight excluding hydrogens is 638 g/mol. The lowest BCUT2D eigenvalue weighted by Crippen LogP contribution is -2.48. The number of fused-ring (bicyclic) bond motifs is 2. The standard InChI is InChI=1S/C37H26F6O5/c1-19-5-7-20(8-6-19)33-29(25-17-23(45-3)13-15-27(25)47-33)31-32(36(40,41)37(42,43)35(31,38)39)30-26-18-24(46-4)14-16-28(26)48-34(30)21-9-11-22(44-2)12-10-21/h5-18H,1-4H3. The van der Waals surface area contributed by atoms with Gasteiger partial charge >= 0.3 is 17.8 Å². The molecule has 0 amide bonds. The van der Waals surface area contributed by atoms with Crippen LogP contribution in [-0.2, 0) is 0 Å². The molecule has 11 heteroatoms. The van der Waals surface area contributed by atoms with E-state index in [1.54, 1.807) is 19.1 Å². The first-order valence-corrected chi connectivity index (χ1v) is 14.7.